The highest BCUT2D eigenvalue weighted by Gasteiger charge is 2.55. The minimum Gasteiger partial charge on any atom is -0.336 e. The number of nitrogens with zero attached hydrogens (tertiary/aromatic N) is 1. The molecule has 4 aliphatic carbocycles. The third kappa shape index (κ3) is 2.32. The highest BCUT2D eigenvalue weighted by molar-refractivity contribution is 5.83. The molecule has 3 nitrogen and oxygen atoms in total. The normalized spacial score (nSPS) is 45.4. The van der Waals surface area contributed by atoms with Crippen LogP contribution in [0.2, 0.25) is 0 Å². The molecule has 4 bridgehead atoms. The fourth-order valence-corrected chi connectivity index (χ4v) is 6.25. The van der Waals surface area contributed by atoms with E-state index >= 15 is 0 Å². The van der Waals surface area contributed by atoms with Crippen LogP contribution in [0.1, 0.15) is 64.7 Å². The summed E-state index contributed by atoms with van der Waals surface area (Å²) in [6.45, 7) is 4.18. The van der Waals surface area contributed by atoms with E-state index in [1.165, 1.54) is 44.9 Å². The number of rotatable bonds is 4. The fraction of sp³-hybridized carbons (Fsp3) is 0.944. The van der Waals surface area contributed by atoms with E-state index in [-0.39, 0.29) is 11.6 Å². The lowest BCUT2D eigenvalue weighted by Crippen LogP contribution is -2.65. The van der Waals surface area contributed by atoms with E-state index in [1.807, 2.05) is 0 Å². The Balaban J connectivity index is 1.53. The molecule has 5 aliphatic rings. The number of amides is 1. The van der Waals surface area contributed by atoms with Crippen LogP contribution in [0, 0.1) is 17.8 Å². The van der Waals surface area contributed by atoms with E-state index in [0.29, 0.717) is 5.91 Å². The van der Waals surface area contributed by atoms with Gasteiger partial charge in [0.2, 0.25) is 5.91 Å². The fourth-order valence-electron chi connectivity index (χ4n) is 6.25. The number of piperidine rings is 1. The Morgan fingerprint density at radius 3 is 2.33 bits per heavy atom. The molecular formula is C18H30N2O. The van der Waals surface area contributed by atoms with E-state index in [0.717, 1.165) is 43.7 Å². The van der Waals surface area contributed by atoms with E-state index in [4.69, 9.17) is 0 Å². The molecule has 3 heteroatoms. The zero-order chi connectivity index (χ0) is 14.4. The van der Waals surface area contributed by atoms with Gasteiger partial charge in [-0.05, 0) is 82.1 Å². The molecule has 0 aromatic carbocycles. The van der Waals surface area contributed by atoms with Crippen LogP contribution in [0.3, 0.4) is 0 Å². The Bertz CT molecular complexity index is 384. The molecule has 1 aliphatic heterocycles. The van der Waals surface area contributed by atoms with Crippen LogP contribution < -0.4 is 5.32 Å². The van der Waals surface area contributed by atoms with Crippen molar-refractivity contribution in [1.29, 1.82) is 0 Å². The molecule has 0 spiro atoms. The van der Waals surface area contributed by atoms with Gasteiger partial charge in [-0.1, -0.05) is 6.92 Å². The van der Waals surface area contributed by atoms with Gasteiger partial charge in [-0.3, -0.25) is 4.79 Å². The van der Waals surface area contributed by atoms with Crippen molar-refractivity contribution in [3.63, 3.8) is 0 Å². The van der Waals surface area contributed by atoms with Crippen LogP contribution >= 0.6 is 0 Å². The van der Waals surface area contributed by atoms with Gasteiger partial charge in [0.15, 0.2) is 0 Å². The first-order valence-electron chi connectivity index (χ1n) is 9.25. The van der Waals surface area contributed by atoms with Gasteiger partial charge >= 0.3 is 0 Å². The number of likely N-dealkylation sites (tertiary alicyclic amines) is 1. The maximum atomic E-state index is 13.0. The van der Waals surface area contributed by atoms with E-state index in [1.54, 1.807) is 0 Å². The van der Waals surface area contributed by atoms with Gasteiger partial charge in [0.25, 0.3) is 0 Å². The van der Waals surface area contributed by atoms with Gasteiger partial charge in [0.05, 0.1) is 6.04 Å². The van der Waals surface area contributed by atoms with Crippen LogP contribution in [0.15, 0.2) is 0 Å². The highest BCUT2D eigenvalue weighted by Crippen LogP contribution is 2.58. The molecule has 118 valence electrons. The zero-order valence-corrected chi connectivity index (χ0v) is 13.4. The minimum absolute atomic E-state index is 0.103. The first-order chi connectivity index (χ1) is 10.2. The summed E-state index contributed by atoms with van der Waals surface area (Å²) in [6, 6.07) is 0.103. The topological polar surface area (TPSA) is 32.3 Å². The molecule has 1 amide bonds. The average Bonchev–Trinajstić information content (AvgIpc) is 2.44. The largest absolute Gasteiger partial charge is 0.336 e. The molecule has 0 aromatic rings. The maximum absolute atomic E-state index is 13.0. The summed E-state index contributed by atoms with van der Waals surface area (Å²) in [4.78, 5) is 15.4. The molecule has 1 unspecified atom stereocenters. The predicted octanol–water partition coefficient (Wildman–Crippen LogP) is 2.95. The number of carbonyl (C=O) groups is 1. The minimum atomic E-state index is 0.103. The smallest absolute Gasteiger partial charge is 0.240 e. The van der Waals surface area contributed by atoms with Crippen molar-refractivity contribution in [2.75, 3.05) is 13.1 Å². The second-order valence-electron chi connectivity index (χ2n) is 8.28. The molecule has 4 saturated carbocycles. The van der Waals surface area contributed by atoms with Gasteiger partial charge < -0.3 is 10.2 Å². The van der Waals surface area contributed by atoms with Crippen LogP contribution in [0.25, 0.3) is 0 Å². The monoisotopic (exact) mass is 290 g/mol. The van der Waals surface area contributed by atoms with Gasteiger partial charge in [0, 0.05) is 12.1 Å². The van der Waals surface area contributed by atoms with Crippen LogP contribution in [0.5, 0.6) is 0 Å². The third-order valence-corrected chi connectivity index (χ3v) is 6.66. The Morgan fingerprint density at radius 1 is 1.14 bits per heavy atom. The molecule has 0 aromatic heterocycles. The summed E-state index contributed by atoms with van der Waals surface area (Å²) in [5.74, 6) is 3.20. The van der Waals surface area contributed by atoms with Crippen molar-refractivity contribution in [2.45, 2.75) is 76.3 Å². The first kappa shape index (κ1) is 14.0. The number of carbonyl (C=O) groups excluding carboxylic acids is 1. The Labute approximate surface area is 128 Å². The zero-order valence-electron chi connectivity index (χ0n) is 13.4. The van der Waals surface area contributed by atoms with E-state index in [9.17, 15) is 4.79 Å². The lowest BCUT2D eigenvalue weighted by atomic mass is 9.52. The second kappa shape index (κ2) is 5.26. The Kier molecular flexibility index (Phi) is 3.52. The first-order valence-corrected chi connectivity index (χ1v) is 9.25. The molecule has 5 fully saturated rings. The van der Waals surface area contributed by atoms with Crippen molar-refractivity contribution >= 4 is 5.91 Å². The Hall–Kier alpha value is -0.570. The van der Waals surface area contributed by atoms with Crippen LogP contribution in [-0.4, -0.2) is 35.5 Å². The maximum Gasteiger partial charge on any atom is 0.240 e. The summed E-state index contributed by atoms with van der Waals surface area (Å²) >= 11 is 0. The number of hydrogen-bond acceptors (Lipinski definition) is 2. The summed E-state index contributed by atoms with van der Waals surface area (Å²) < 4.78 is 0. The molecule has 5 rings (SSSR count). The number of hydrogen-bond donors (Lipinski definition) is 1. The van der Waals surface area contributed by atoms with Gasteiger partial charge in [0.1, 0.15) is 0 Å². The highest BCUT2D eigenvalue weighted by atomic mass is 16.2. The third-order valence-electron chi connectivity index (χ3n) is 6.66. The predicted molar refractivity (Wildman–Crippen MR) is 83.9 cm³/mol. The van der Waals surface area contributed by atoms with Crippen molar-refractivity contribution < 1.29 is 4.79 Å². The summed E-state index contributed by atoms with van der Waals surface area (Å²) in [7, 11) is 0. The van der Waals surface area contributed by atoms with Gasteiger partial charge in [-0.25, -0.2) is 0 Å². The van der Waals surface area contributed by atoms with E-state index in [2.05, 4.69) is 17.1 Å². The quantitative estimate of drug-likeness (QED) is 0.863. The molecule has 1 N–H and O–H groups in total. The standard InChI is InChI=1S/C18H30N2O/c1-2-5-19-16-4-3-6-20(17(16)21)18-10-13-7-14(11-18)9-15(8-13)12-18/h13-16,19H,2-12H2,1H3. The van der Waals surface area contributed by atoms with Crippen molar-refractivity contribution in [2.24, 2.45) is 17.8 Å². The van der Waals surface area contributed by atoms with Crippen LogP contribution in [0.4, 0.5) is 0 Å². The summed E-state index contributed by atoms with van der Waals surface area (Å²) in [5, 5.41) is 3.49. The van der Waals surface area contributed by atoms with Crippen molar-refractivity contribution in [3.8, 4) is 0 Å². The lowest BCUT2D eigenvalue weighted by molar-refractivity contribution is -0.156. The molecule has 0 radical (unpaired) electrons. The van der Waals surface area contributed by atoms with E-state index < -0.39 is 0 Å². The molecule has 1 heterocycles. The average molecular weight is 290 g/mol. The van der Waals surface area contributed by atoms with Gasteiger partial charge in [-0.15, -0.1) is 0 Å². The van der Waals surface area contributed by atoms with Gasteiger partial charge in [-0.2, -0.15) is 0 Å². The summed E-state index contributed by atoms with van der Waals surface area (Å²) in [6.07, 6.45) is 11.6. The van der Waals surface area contributed by atoms with Crippen molar-refractivity contribution in [1.82, 2.24) is 10.2 Å². The summed E-state index contributed by atoms with van der Waals surface area (Å²) in [5.41, 5.74) is 0.262. The molecule has 1 saturated heterocycles. The van der Waals surface area contributed by atoms with Crippen LogP contribution in [-0.2, 0) is 4.79 Å². The Morgan fingerprint density at radius 2 is 1.76 bits per heavy atom. The number of nitrogens with one attached hydrogen (secondary N) is 1. The lowest BCUT2D eigenvalue weighted by Gasteiger charge is -2.61. The second-order valence-corrected chi connectivity index (χ2v) is 8.28. The van der Waals surface area contributed by atoms with Crippen molar-refractivity contribution in [3.05, 3.63) is 0 Å². The molecule has 21 heavy (non-hydrogen) atoms. The molecular weight excluding hydrogens is 260 g/mol. The SMILES string of the molecule is CCCNC1CCCN(C23CC4CC(CC(C4)C2)C3)C1=O. The molecule has 1 atom stereocenters.